The first kappa shape index (κ1) is 15.2. The Kier molecular flexibility index (Phi) is 4.25. The predicted octanol–water partition coefficient (Wildman–Crippen LogP) is 2.32. The zero-order valence-electron chi connectivity index (χ0n) is 13.2. The smallest absolute Gasteiger partial charge is 0.307 e. The molecule has 1 fully saturated rings. The molecule has 0 spiro atoms. The van der Waals surface area contributed by atoms with Crippen LogP contribution in [0.15, 0.2) is 12.1 Å². The van der Waals surface area contributed by atoms with E-state index in [2.05, 4.69) is 11.8 Å². The van der Waals surface area contributed by atoms with Crippen LogP contribution in [0.4, 0.5) is 0 Å². The second kappa shape index (κ2) is 6.16. The summed E-state index contributed by atoms with van der Waals surface area (Å²) < 4.78 is 11.4. The van der Waals surface area contributed by atoms with Gasteiger partial charge in [-0.2, -0.15) is 0 Å². The number of hydrogen-bond acceptors (Lipinski definition) is 4. The summed E-state index contributed by atoms with van der Waals surface area (Å²) in [5.41, 5.74) is 2.29. The molecule has 5 nitrogen and oxygen atoms in total. The summed E-state index contributed by atoms with van der Waals surface area (Å²) in [6.45, 7) is 4.33. The third-order valence-corrected chi connectivity index (χ3v) is 4.53. The lowest BCUT2D eigenvalue weighted by Crippen LogP contribution is -2.38. The Morgan fingerprint density at radius 1 is 1.50 bits per heavy atom. The van der Waals surface area contributed by atoms with Crippen molar-refractivity contribution in [2.75, 3.05) is 20.2 Å². The molecule has 2 unspecified atom stereocenters. The van der Waals surface area contributed by atoms with Crippen LogP contribution in [-0.4, -0.2) is 42.3 Å². The van der Waals surface area contributed by atoms with Gasteiger partial charge in [0, 0.05) is 30.6 Å². The number of benzene rings is 1. The SMILES string of the molecule is COc1cc2c(c(CN3CCCC(C(=O)O)C3)c1)OC(C)C2. The molecular weight excluding hydrogens is 282 g/mol. The van der Waals surface area contributed by atoms with Gasteiger partial charge in [-0.1, -0.05) is 0 Å². The molecule has 1 aromatic rings. The van der Waals surface area contributed by atoms with Crippen LogP contribution < -0.4 is 9.47 Å². The number of carboxylic acids is 1. The third-order valence-electron chi connectivity index (χ3n) is 4.53. The number of rotatable bonds is 4. The average molecular weight is 305 g/mol. The van der Waals surface area contributed by atoms with E-state index in [1.165, 1.54) is 5.56 Å². The normalized spacial score (nSPS) is 24.6. The lowest BCUT2D eigenvalue weighted by Gasteiger charge is -2.31. The van der Waals surface area contributed by atoms with Crippen LogP contribution in [-0.2, 0) is 17.8 Å². The zero-order chi connectivity index (χ0) is 15.7. The highest BCUT2D eigenvalue weighted by Gasteiger charge is 2.28. The van der Waals surface area contributed by atoms with E-state index in [-0.39, 0.29) is 12.0 Å². The van der Waals surface area contributed by atoms with Crippen LogP contribution in [0.3, 0.4) is 0 Å². The van der Waals surface area contributed by atoms with E-state index >= 15 is 0 Å². The topological polar surface area (TPSA) is 59.0 Å². The molecule has 0 aromatic heterocycles. The van der Waals surface area contributed by atoms with Gasteiger partial charge < -0.3 is 14.6 Å². The molecule has 0 radical (unpaired) electrons. The Bertz CT molecular complexity index is 572. The summed E-state index contributed by atoms with van der Waals surface area (Å²) in [4.78, 5) is 13.4. The van der Waals surface area contributed by atoms with Gasteiger partial charge in [0.1, 0.15) is 17.6 Å². The molecule has 1 saturated heterocycles. The van der Waals surface area contributed by atoms with Gasteiger partial charge in [0.05, 0.1) is 13.0 Å². The summed E-state index contributed by atoms with van der Waals surface area (Å²) in [6.07, 6.45) is 2.79. The van der Waals surface area contributed by atoms with Crippen molar-refractivity contribution in [2.24, 2.45) is 5.92 Å². The molecule has 2 aliphatic heterocycles. The van der Waals surface area contributed by atoms with Crippen LogP contribution in [0.25, 0.3) is 0 Å². The molecule has 1 N–H and O–H groups in total. The molecule has 3 rings (SSSR count). The largest absolute Gasteiger partial charge is 0.497 e. The minimum atomic E-state index is -0.689. The quantitative estimate of drug-likeness (QED) is 0.925. The molecule has 2 heterocycles. The van der Waals surface area contributed by atoms with Gasteiger partial charge in [0.25, 0.3) is 0 Å². The molecule has 22 heavy (non-hydrogen) atoms. The summed E-state index contributed by atoms with van der Waals surface area (Å²) >= 11 is 0. The highest BCUT2D eigenvalue weighted by Crippen LogP contribution is 2.37. The standard InChI is InChI=1S/C17H23NO4/c1-11-6-13-7-15(21-2)8-14(16(13)22-11)10-18-5-3-4-12(9-18)17(19)20/h7-8,11-12H,3-6,9-10H2,1-2H3,(H,19,20). The number of carboxylic acid groups (broad SMARTS) is 1. The number of likely N-dealkylation sites (tertiary alicyclic amines) is 1. The van der Waals surface area contributed by atoms with Crippen LogP contribution in [0.2, 0.25) is 0 Å². The first-order valence-corrected chi connectivity index (χ1v) is 7.88. The molecular formula is C17H23NO4. The molecule has 0 saturated carbocycles. The predicted molar refractivity (Wildman–Crippen MR) is 82.4 cm³/mol. The van der Waals surface area contributed by atoms with Crippen molar-refractivity contribution >= 4 is 5.97 Å². The minimum absolute atomic E-state index is 0.189. The molecule has 2 atom stereocenters. The van der Waals surface area contributed by atoms with Crippen LogP contribution >= 0.6 is 0 Å². The second-order valence-corrected chi connectivity index (χ2v) is 6.32. The van der Waals surface area contributed by atoms with Gasteiger partial charge in [-0.05, 0) is 38.4 Å². The van der Waals surface area contributed by atoms with Crippen molar-refractivity contribution < 1.29 is 19.4 Å². The number of hydrogen-bond donors (Lipinski definition) is 1. The maximum absolute atomic E-state index is 11.2. The lowest BCUT2D eigenvalue weighted by molar-refractivity contribution is -0.143. The Morgan fingerprint density at radius 3 is 3.05 bits per heavy atom. The Labute approximate surface area is 130 Å². The number of aliphatic carboxylic acids is 1. The van der Waals surface area contributed by atoms with Crippen molar-refractivity contribution in [1.82, 2.24) is 4.90 Å². The van der Waals surface area contributed by atoms with Crippen molar-refractivity contribution in [3.63, 3.8) is 0 Å². The summed E-state index contributed by atoms with van der Waals surface area (Å²) in [6, 6.07) is 4.06. The fourth-order valence-electron chi connectivity index (χ4n) is 3.45. The van der Waals surface area contributed by atoms with E-state index in [1.807, 2.05) is 12.1 Å². The number of carbonyl (C=O) groups is 1. The lowest BCUT2D eigenvalue weighted by atomic mass is 9.97. The van der Waals surface area contributed by atoms with E-state index in [9.17, 15) is 9.90 Å². The average Bonchev–Trinajstić information content (AvgIpc) is 2.88. The highest BCUT2D eigenvalue weighted by atomic mass is 16.5. The maximum Gasteiger partial charge on any atom is 0.307 e. The Morgan fingerprint density at radius 2 is 2.32 bits per heavy atom. The maximum atomic E-state index is 11.2. The number of methoxy groups -OCH3 is 1. The number of nitrogens with zero attached hydrogens (tertiary/aromatic N) is 1. The van der Waals surface area contributed by atoms with Gasteiger partial charge in [-0.15, -0.1) is 0 Å². The van der Waals surface area contributed by atoms with Gasteiger partial charge in [0.15, 0.2) is 0 Å². The van der Waals surface area contributed by atoms with Crippen molar-refractivity contribution in [2.45, 2.75) is 38.8 Å². The molecule has 2 aliphatic rings. The molecule has 0 bridgehead atoms. The Hall–Kier alpha value is -1.75. The minimum Gasteiger partial charge on any atom is -0.497 e. The first-order valence-electron chi connectivity index (χ1n) is 7.88. The monoisotopic (exact) mass is 305 g/mol. The van der Waals surface area contributed by atoms with Crippen LogP contribution in [0.1, 0.15) is 30.9 Å². The van der Waals surface area contributed by atoms with Crippen molar-refractivity contribution in [3.8, 4) is 11.5 Å². The van der Waals surface area contributed by atoms with E-state index in [1.54, 1.807) is 7.11 Å². The third kappa shape index (κ3) is 3.04. The Balaban J connectivity index is 1.80. The van der Waals surface area contributed by atoms with Gasteiger partial charge in [-0.25, -0.2) is 0 Å². The van der Waals surface area contributed by atoms with E-state index < -0.39 is 5.97 Å². The molecule has 1 aromatic carbocycles. The summed E-state index contributed by atoms with van der Waals surface area (Å²) in [5.74, 6) is 0.863. The fraction of sp³-hybridized carbons (Fsp3) is 0.588. The fourth-order valence-corrected chi connectivity index (χ4v) is 3.45. The number of ether oxygens (including phenoxy) is 2. The van der Waals surface area contributed by atoms with Crippen molar-refractivity contribution in [3.05, 3.63) is 23.3 Å². The highest BCUT2D eigenvalue weighted by molar-refractivity contribution is 5.70. The van der Waals surface area contributed by atoms with E-state index in [0.717, 1.165) is 49.4 Å². The molecule has 0 amide bonds. The summed E-state index contributed by atoms with van der Waals surface area (Å²) in [7, 11) is 1.67. The number of piperidine rings is 1. The molecule has 0 aliphatic carbocycles. The van der Waals surface area contributed by atoms with Gasteiger partial charge in [-0.3, -0.25) is 9.69 Å². The van der Waals surface area contributed by atoms with Crippen molar-refractivity contribution in [1.29, 1.82) is 0 Å². The van der Waals surface area contributed by atoms with E-state index in [4.69, 9.17) is 9.47 Å². The number of fused-ring (bicyclic) bond motifs is 1. The first-order chi connectivity index (χ1) is 10.6. The molecule has 5 heteroatoms. The van der Waals surface area contributed by atoms with Gasteiger partial charge in [0.2, 0.25) is 0 Å². The summed E-state index contributed by atoms with van der Waals surface area (Å²) in [5, 5.41) is 9.22. The van der Waals surface area contributed by atoms with Gasteiger partial charge >= 0.3 is 5.97 Å². The molecule has 120 valence electrons. The van der Waals surface area contributed by atoms with Crippen LogP contribution in [0.5, 0.6) is 11.5 Å². The van der Waals surface area contributed by atoms with Crippen LogP contribution in [0, 0.1) is 5.92 Å². The second-order valence-electron chi connectivity index (χ2n) is 6.32. The van der Waals surface area contributed by atoms with E-state index in [0.29, 0.717) is 6.54 Å². The zero-order valence-corrected chi connectivity index (χ0v) is 13.2.